The average molecular weight is 301 g/mol. The Morgan fingerprint density at radius 2 is 1.76 bits per heavy atom. The highest BCUT2D eigenvalue weighted by Crippen LogP contribution is 2.19. The van der Waals surface area contributed by atoms with E-state index in [0.717, 1.165) is 11.1 Å². The van der Waals surface area contributed by atoms with E-state index in [1.165, 1.54) is 0 Å². The van der Waals surface area contributed by atoms with E-state index in [1.54, 1.807) is 26.0 Å². The van der Waals surface area contributed by atoms with Crippen molar-refractivity contribution in [1.82, 2.24) is 5.32 Å². The lowest BCUT2D eigenvalue weighted by molar-refractivity contribution is 0.0785. The Morgan fingerprint density at radius 3 is 2.33 bits per heavy atom. The van der Waals surface area contributed by atoms with Gasteiger partial charge in [0.05, 0.1) is 11.2 Å². The van der Waals surface area contributed by atoms with Crippen LogP contribution in [0, 0.1) is 0 Å². The first-order chi connectivity index (χ1) is 9.88. The number of carbonyl (C=O) groups excluding carboxylic acids is 1. The largest absolute Gasteiger partial charge is 0.386 e. The van der Waals surface area contributed by atoms with Gasteiger partial charge in [-0.3, -0.25) is 4.79 Å². The molecule has 0 fully saturated rings. The second-order valence-electron chi connectivity index (χ2n) is 5.46. The fraction of sp³-hybridized carbons (Fsp3) is 0.235. The molecule has 21 heavy (non-hydrogen) atoms. The van der Waals surface area contributed by atoms with Crippen molar-refractivity contribution in [2.75, 3.05) is 0 Å². The van der Waals surface area contributed by atoms with Gasteiger partial charge < -0.3 is 10.4 Å². The fourth-order valence-electron chi connectivity index (χ4n) is 1.97. The van der Waals surface area contributed by atoms with E-state index < -0.39 is 5.60 Å². The number of benzene rings is 2. The van der Waals surface area contributed by atoms with Crippen LogP contribution in [0.1, 0.15) is 35.3 Å². The molecule has 0 spiro atoms. The molecule has 4 heteroatoms. The van der Waals surface area contributed by atoms with Gasteiger partial charge in [-0.25, -0.2) is 0 Å². The van der Waals surface area contributed by atoms with Crippen LogP contribution in [0.2, 0.25) is 0 Å². The SMILES string of the molecule is CC(C)(O)c1ccc(CNC(=O)c2ccccc2S)cc1. The summed E-state index contributed by atoms with van der Waals surface area (Å²) in [4.78, 5) is 12.7. The van der Waals surface area contributed by atoms with Gasteiger partial charge in [0.2, 0.25) is 0 Å². The number of thiol groups is 1. The molecule has 2 aromatic rings. The first-order valence-corrected chi connectivity index (χ1v) is 7.20. The minimum atomic E-state index is -0.854. The highest BCUT2D eigenvalue weighted by Gasteiger charge is 2.15. The van der Waals surface area contributed by atoms with Crippen molar-refractivity contribution in [3.63, 3.8) is 0 Å². The van der Waals surface area contributed by atoms with Gasteiger partial charge in [-0.05, 0) is 37.1 Å². The van der Waals surface area contributed by atoms with Crippen LogP contribution < -0.4 is 5.32 Å². The number of nitrogens with one attached hydrogen (secondary N) is 1. The third-order valence-corrected chi connectivity index (χ3v) is 3.65. The van der Waals surface area contributed by atoms with Crippen LogP contribution in [0.25, 0.3) is 0 Å². The van der Waals surface area contributed by atoms with Gasteiger partial charge >= 0.3 is 0 Å². The van der Waals surface area contributed by atoms with Gasteiger partial charge in [-0.1, -0.05) is 36.4 Å². The molecular weight excluding hydrogens is 282 g/mol. The molecule has 0 aromatic heterocycles. The summed E-state index contributed by atoms with van der Waals surface area (Å²) >= 11 is 4.27. The maximum atomic E-state index is 12.1. The first kappa shape index (κ1) is 15.6. The fourth-order valence-corrected chi connectivity index (χ4v) is 2.24. The van der Waals surface area contributed by atoms with Gasteiger partial charge in [0, 0.05) is 11.4 Å². The summed E-state index contributed by atoms with van der Waals surface area (Å²) in [5.41, 5.74) is 1.53. The summed E-state index contributed by atoms with van der Waals surface area (Å²) in [7, 11) is 0. The molecule has 2 rings (SSSR count). The van der Waals surface area contributed by atoms with Crippen molar-refractivity contribution >= 4 is 18.5 Å². The predicted octanol–water partition coefficient (Wildman–Crippen LogP) is 3.13. The van der Waals surface area contributed by atoms with Crippen molar-refractivity contribution in [2.45, 2.75) is 30.9 Å². The number of rotatable bonds is 4. The summed E-state index contributed by atoms with van der Waals surface area (Å²) in [5, 5.41) is 12.8. The van der Waals surface area contributed by atoms with E-state index in [9.17, 15) is 9.90 Å². The number of hydrogen-bond acceptors (Lipinski definition) is 3. The lowest BCUT2D eigenvalue weighted by atomic mass is 9.97. The lowest BCUT2D eigenvalue weighted by Gasteiger charge is -2.18. The Hall–Kier alpha value is -1.78. The van der Waals surface area contributed by atoms with E-state index in [1.807, 2.05) is 36.4 Å². The summed E-state index contributed by atoms with van der Waals surface area (Å²) in [5.74, 6) is -0.146. The topological polar surface area (TPSA) is 49.3 Å². The maximum Gasteiger partial charge on any atom is 0.252 e. The summed E-state index contributed by atoms with van der Waals surface area (Å²) in [6.07, 6.45) is 0. The van der Waals surface area contributed by atoms with Crippen LogP contribution in [0.5, 0.6) is 0 Å². The molecule has 2 aromatic carbocycles. The molecule has 0 saturated carbocycles. The zero-order chi connectivity index (χ0) is 15.5. The normalized spacial score (nSPS) is 11.2. The van der Waals surface area contributed by atoms with Gasteiger partial charge in [0.1, 0.15) is 0 Å². The van der Waals surface area contributed by atoms with Crippen molar-refractivity contribution in [3.8, 4) is 0 Å². The van der Waals surface area contributed by atoms with E-state index in [-0.39, 0.29) is 5.91 Å². The third-order valence-electron chi connectivity index (χ3n) is 3.26. The lowest BCUT2D eigenvalue weighted by Crippen LogP contribution is -2.23. The molecule has 2 N–H and O–H groups in total. The van der Waals surface area contributed by atoms with Crippen molar-refractivity contribution in [1.29, 1.82) is 0 Å². The van der Waals surface area contributed by atoms with Gasteiger partial charge in [-0.2, -0.15) is 0 Å². The van der Waals surface area contributed by atoms with Crippen molar-refractivity contribution < 1.29 is 9.90 Å². The Balaban J connectivity index is 2.00. The Kier molecular flexibility index (Phi) is 4.70. The first-order valence-electron chi connectivity index (χ1n) is 6.76. The molecule has 0 unspecified atom stereocenters. The Labute approximate surface area is 130 Å². The van der Waals surface area contributed by atoms with Crippen LogP contribution in [0.4, 0.5) is 0 Å². The van der Waals surface area contributed by atoms with Crippen molar-refractivity contribution in [3.05, 3.63) is 65.2 Å². The number of hydrogen-bond donors (Lipinski definition) is 3. The molecule has 0 aliphatic carbocycles. The second kappa shape index (κ2) is 6.33. The highest BCUT2D eigenvalue weighted by atomic mass is 32.1. The second-order valence-corrected chi connectivity index (χ2v) is 5.94. The molecule has 0 aliphatic rings. The predicted molar refractivity (Wildman–Crippen MR) is 86.6 cm³/mol. The highest BCUT2D eigenvalue weighted by molar-refractivity contribution is 7.80. The van der Waals surface area contributed by atoms with Gasteiger partial charge in [0.15, 0.2) is 0 Å². The molecule has 0 atom stereocenters. The molecule has 110 valence electrons. The molecule has 0 radical (unpaired) electrons. The zero-order valence-corrected chi connectivity index (χ0v) is 13.0. The third kappa shape index (κ3) is 4.09. The van der Waals surface area contributed by atoms with Crippen LogP contribution in [-0.2, 0) is 12.1 Å². The standard InChI is InChI=1S/C17H19NO2S/c1-17(2,20)13-9-7-12(8-10-13)11-18-16(19)14-5-3-4-6-15(14)21/h3-10,20-21H,11H2,1-2H3,(H,18,19). The molecule has 3 nitrogen and oxygen atoms in total. The van der Waals surface area contributed by atoms with E-state index >= 15 is 0 Å². The number of amides is 1. The zero-order valence-electron chi connectivity index (χ0n) is 12.1. The molecule has 0 bridgehead atoms. The average Bonchev–Trinajstić information content (AvgIpc) is 2.45. The summed E-state index contributed by atoms with van der Waals surface area (Å²) < 4.78 is 0. The van der Waals surface area contributed by atoms with E-state index in [4.69, 9.17) is 0 Å². The van der Waals surface area contributed by atoms with Crippen LogP contribution in [-0.4, -0.2) is 11.0 Å². The molecule has 0 aliphatic heterocycles. The smallest absolute Gasteiger partial charge is 0.252 e. The Bertz CT molecular complexity index is 630. The number of carbonyl (C=O) groups is 1. The quantitative estimate of drug-likeness (QED) is 0.760. The summed E-state index contributed by atoms with van der Waals surface area (Å²) in [6.45, 7) is 3.92. The van der Waals surface area contributed by atoms with Gasteiger partial charge in [0.25, 0.3) is 5.91 Å². The van der Waals surface area contributed by atoms with Gasteiger partial charge in [-0.15, -0.1) is 12.6 Å². The van der Waals surface area contributed by atoms with E-state index in [0.29, 0.717) is 17.0 Å². The summed E-state index contributed by atoms with van der Waals surface area (Å²) in [6, 6.07) is 14.7. The minimum Gasteiger partial charge on any atom is -0.386 e. The number of aliphatic hydroxyl groups is 1. The van der Waals surface area contributed by atoms with Crippen molar-refractivity contribution in [2.24, 2.45) is 0 Å². The minimum absolute atomic E-state index is 0.146. The maximum absolute atomic E-state index is 12.1. The molecule has 1 amide bonds. The molecule has 0 heterocycles. The molecule has 0 saturated heterocycles. The van der Waals surface area contributed by atoms with Crippen LogP contribution >= 0.6 is 12.6 Å². The Morgan fingerprint density at radius 1 is 1.14 bits per heavy atom. The monoisotopic (exact) mass is 301 g/mol. The van der Waals surface area contributed by atoms with Crippen LogP contribution in [0.3, 0.4) is 0 Å². The van der Waals surface area contributed by atoms with E-state index in [2.05, 4.69) is 17.9 Å². The molecular formula is C17H19NO2S. The van der Waals surface area contributed by atoms with Crippen LogP contribution in [0.15, 0.2) is 53.4 Å².